The summed E-state index contributed by atoms with van der Waals surface area (Å²) in [5.74, 6) is 5.19. The molecule has 0 bridgehead atoms. The van der Waals surface area contributed by atoms with Gasteiger partial charge in [-0.2, -0.15) is 13.2 Å². The van der Waals surface area contributed by atoms with Crippen LogP contribution in [0.4, 0.5) is 28.9 Å². The topological polar surface area (TPSA) is 86.6 Å². The van der Waals surface area contributed by atoms with Gasteiger partial charge in [-0.25, -0.2) is 14.4 Å². The van der Waals surface area contributed by atoms with Gasteiger partial charge >= 0.3 is 5.51 Å². The minimum absolute atomic E-state index is 0.0355. The van der Waals surface area contributed by atoms with Crippen molar-refractivity contribution >= 4 is 34.7 Å². The maximum absolute atomic E-state index is 14.6. The summed E-state index contributed by atoms with van der Waals surface area (Å²) in [6, 6.07) is 5.97. The number of imidazole rings is 1. The lowest BCUT2D eigenvalue weighted by molar-refractivity contribution is -0.0330. The molecule has 37 heavy (non-hydrogen) atoms. The summed E-state index contributed by atoms with van der Waals surface area (Å²) in [7, 11) is 3.34. The number of alkyl halides is 4. The second kappa shape index (κ2) is 11.3. The van der Waals surface area contributed by atoms with Gasteiger partial charge in [0.1, 0.15) is 22.6 Å². The number of halogens is 4. The normalized spacial score (nSPS) is 18.2. The van der Waals surface area contributed by atoms with Crippen molar-refractivity contribution in [2.75, 3.05) is 44.4 Å². The number of piperidine rings is 1. The molecule has 13 heteroatoms. The fraction of sp³-hybridized carbons (Fsp3) is 0.375. The van der Waals surface area contributed by atoms with Crippen LogP contribution >= 0.6 is 11.8 Å². The molecule has 1 aliphatic heterocycles. The number of carbonyl (C=O) groups excluding carboxylic acids is 1. The summed E-state index contributed by atoms with van der Waals surface area (Å²) in [4.78, 5) is 21.9. The molecule has 0 aromatic carbocycles. The molecule has 4 heterocycles. The molecule has 0 aliphatic carbocycles. The minimum Gasteiger partial charge on any atom is -0.376 e. The fourth-order valence-electron chi connectivity index (χ4n) is 3.90. The van der Waals surface area contributed by atoms with Crippen molar-refractivity contribution in [1.82, 2.24) is 24.6 Å². The molecule has 8 nitrogen and oxygen atoms in total. The number of thioether (sulfide) groups is 1. The predicted octanol–water partition coefficient (Wildman–Crippen LogP) is 3.62. The fourth-order valence-corrected chi connectivity index (χ4v) is 4.56. The van der Waals surface area contributed by atoms with E-state index in [4.69, 9.17) is 0 Å². The van der Waals surface area contributed by atoms with E-state index in [1.54, 1.807) is 18.2 Å². The van der Waals surface area contributed by atoms with Gasteiger partial charge in [-0.3, -0.25) is 9.20 Å². The average Bonchev–Trinajstić information content (AvgIpc) is 3.20. The van der Waals surface area contributed by atoms with E-state index in [0.29, 0.717) is 24.3 Å². The lowest BCUT2D eigenvalue weighted by Gasteiger charge is -2.33. The standard InChI is InChI=1S/C24H25F4N7OS/c1-29-22(36)19-8-7-15(13-31-19)30-10-3-5-20-23(37-24(26,27)28)35-11-4-6-18(21(35)33-20)32-17-9-12-34(2)14-16(17)25/h4,6-8,11,13,16-17,30,32H,9-10,12,14H2,1-2H3,(H,29,36)/t16-,17+/m0/s1. The Bertz CT molecular complexity index is 1320. The Morgan fingerprint density at radius 2 is 2.11 bits per heavy atom. The Morgan fingerprint density at radius 1 is 1.30 bits per heavy atom. The first-order valence-electron chi connectivity index (χ1n) is 11.4. The van der Waals surface area contributed by atoms with E-state index in [1.807, 2.05) is 11.9 Å². The Morgan fingerprint density at radius 3 is 2.78 bits per heavy atom. The van der Waals surface area contributed by atoms with Gasteiger partial charge in [-0.1, -0.05) is 5.92 Å². The maximum atomic E-state index is 14.6. The van der Waals surface area contributed by atoms with Crippen LogP contribution in [0.1, 0.15) is 22.6 Å². The van der Waals surface area contributed by atoms with Crippen LogP contribution in [0.2, 0.25) is 0 Å². The summed E-state index contributed by atoms with van der Waals surface area (Å²) in [6.07, 6.45) is 2.37. The third-order valence-electron chi connectivity index (χ3n) is 5.71. The molecule has 1 amide bonds. The van der Waals surface area contributed by atoms with Crippen LogP contribution < -0.4 is 16.0 Å². The number of hydrogen-bond donors (Lipinski definition) is 3. The third-order valence-corrected chi connectivity index (χ3v) is 6.53. The lowest BCUT2D eigenvalue weighted by Crippen LogP contribution is -2.46. The van der Waals surface area contributed by atoms with E-state index in [9.17, 15) is 22.4 Å². The first-order chi connectivity index (χ1) is 17.6. The molecule has 1 aliphatic rings. The molecule has 0 spiro atoms. The van der Waals surface area contributed by atoms with Crippen molar-refractivity contribution in [2.45, 2.75) is 29.2 Å². The Labute approximate surface area is 215 Å². The van der Waals surface area contributed by atoms with Crippen LogP contribution in [0.25, 0.3) is 5.65 Å². The minimum atomic E-state index is -4.55. The largest absolute Gasteiger partial charge is 0.447 e. The number of carbonyl (C=O) groups is 1. The number of amides is 1. The van der Waals surface area contributed by atoms with Gasteiger partial charge < -0.3 is 20.9 Å². The molecule has 0 unspecified atom stereocenters. The van der Waals surface area contributed by atoms with Crippen molar-refractivity contribution in [3.8, 4) is 11.8 Å². The quantitative estimate of drug-likeness (QED) is 0.253. The molecule has 3 aromatic heterocycles. The van der Waals surface area contributed by atoms with Crippen molar-refractivity contribution in [2.24, 2.45) is 0 Å². The number of anilines is 2. The lowest BCUT2D eigenvalue weighted by atomic mass is 10.0. The zero-order valence-corrected chi connectivity index (χ0v) is 20.9. The van der Waals surface area contributed by atoms with Crippen LogP contribution in [-0.2, 0) is 0 Å². The average molecular weight is 536 g/mol. The van der Waals surface area contributed by atoms with E-state index in [-0.39, 0.29) is 52.8 Å². The van der Waals surface area contributed by atoms with Crippen molar-refractivity contribution in [1.29, 1.82) is 0 Å². The molecular formula is C24H25F4N7OS. The first kappa shape index (κ1) is 26.6. The maximum Gasteiger partial charge on any atom is 0.447 e. The zero-order chi connectivity index (χ0) is 26.6. The Kier molecular flexibility index (Phi) is 8.09. The summed E-state index contributed by atoms with van der Waals surface area (Å²) < 4.78 is 56.0. The molecule has 2 atom stereocenters. The van der Waals surface area contributed by atoms with Crippen molar-refractivity contribution < 1.29 is 22.4 Å². The summed E-state index contributed by atoms with van der Waals surface area (Å²) in [6.45, 7) is 1.09. The number of pyridine rings is 2. The number of hydrogen-bond acceptors (Lipinski definition) is 7. The van der Waals surface area contributed by atoms with Gasteiger partial charge in [0.15, 0.2) is 5.65 Å². The smallest absolute Gasteiger partial charge is 0.376 e. The van der Waals surface area contributed by atoms with E-state index in [1.165, 1.54) is 29.9 Å². The number of fused-ring (bicyclic) bond motifs is 1. The Balaban J connectivity index is 1.56. The van der Waals surface area contributed by atoms with Gasteiger partial charge in [-0.15, -0.1) is 0 Å². The van der Waals surface area contributed by atoms with Gasteiger partial charge in [-0.05, 0) is 43.7 Å². The molecule has 3 aromatic rings. The molecule has 196 valence electrons. The summed E-state index contributed by atoms with van der Waals surface area (Å²) >= 11 is -0.299. The molecule has 3 N–H and O–H groups in total. The highest BCUT2D eigenvalue weighted by Gasteiger charge is 2.33. The van der Waals surface area contributed by atoms with E-state index in [2.05, 4.69) is 37.8 Å². The molecule has 1 fully saturated rings. The summed E-state index contributed by atoms with van der Waals surface area (Å²) in [5, 5.41) is 8.42. The van der Waals surface area contributed by atoms with Gasteiger partial charge in [0.25, 0.3) is 5.91 Å². The molecule has 0 radical (unpaired) electrons. The predicted molar refractivity (Wildman–Crippen MR) is 135 cm³/mol. The van der Waals surface area contributed by atoms with Crippen LogP contribution in [0.5, 0.6) is 0 Å². The highest BCUT2D eigenvalue weighted by molar-refractivity contribution is 8.00. The van der Waals surface area contributed by atoms with Crippen molar-refractivity contribution in [3.63, 3.8) is 0 Å². The third kappa shape index (κ3) is 6.64. The van der Waals surface area contributed by atoms with E-state index >= 15 is 0 Å². The number of nitrogens with one attached hydrogen (secondary N) is 3. The van der Waals surface area contributed by atoms with E-state index in [0.717, 1.165) is 0 Å². The number of nitrogens with zero attached hydrogens (tertiary/aromatic N) is 4. The molecule has 4 rings (SSSR count). The van der Waals surface area contributed by atoms with Crippen LogP contribution in [0, 0.1) is 11.8 Å². The molecule has 1 saturated heterocycles. The number of rotatable bonds is 6. The first-order valence-corrected chi connectivity index (χ1v) is 12.2. The molecule has 0 saturated carbocycles. The highest BCUT2D eigenvalue weighted by atomic mass is 32.2. The second-order valence-corrected chi connectivity index (χ2v) is 9.47. The number of likely N-dealkylation sites (tertiary alicyclic amines) is 1. The van der Waals surface area contributed by atoms with Gasteiger partial charge in [0.2, 0.25) is 0 Å². The number of aromatic nitrogens is 3. The zero-order valence-electron chi connectivity index (χ0n) is 20.1. The van der Waals surface area contributed by atoms with Crippen LogP contribution in [0.3, 0.4) is 0 Å². The van der Waals surface area contributed by atoms with Crippen LogP contribution in [0.15, 0.2) is 41.7 Å². The Hall–Kier alpha value is -3.50. The SMILES string of the molecule is CNC(=O)c1ccc(NCC#Cc2nc3c(N[C@@H]4CCN(C)C[C@@H]4F)cccn3c2SC(F)(F)F)cn1. The molecular weight excluding hydrogens is 510 g/mol. The van der Waals surface area contributed by atoms with Crippen LogP contribution in [-0.4, -0.2) is 76.6 Å². The second-order valence-electron chi connectivity index (χ2n) is 8.41. The van der Waals surface area contributed by atoms with Gasteiger partial charge in [0.05, 0.1) is 30.2 Å². The van der Waals surface area contributed by atoms with E-state index < -0.39 is 17.7 Å². The monoisotopic (exact) mass is 535 g/mol. The van der Waals surface area contributed by atoms with Gasteiger partial charge in [0, 0.05) is 38.1 Å². The highest BCUT2D eigenvalue weighted by Crippen LogP contribution is 2.39. The van der Waals surface area contributed by atoms with Crippen molar-refractivity contribution in [3.05, 3.63) is 48.0 Å². The summed E-state index contributed by atoms with van der Waals surface area (Å²) in [5.41, 5.74) is -3.06.